The highest BCUT2D eigenvalue weighted by molar-refractivity contribution is 7.16. The third-order valence-corrected chi connectivity index (χ3v) is 4.37. The Balaban J connectivity index is 1.94. The van der Waals surface area contributed by atoms with Crippen LogP contribution in [0.25, 0.3) is 11.3 Å². The molecule has 0 aliphatic heterocycles. The molecule has 2 aromatic carbocycles. The average Bonchev–Trinajstić information content (AvgIpc) is 2.92. The molecule has 1 aromatic heterocycles. The largest absolute Gasteiger partial charge is 0.550 e. The number of halogens is 1. The first-order valence-corrected chi connectivity index (χ1v) is 8.09. The first-order valence-electron chi connectivity index (χ1n) is 6.89. The summed E-state index contributed by atoms with van der Waals surface area (Å²) in [4.78, 5) is 16.2. The van der Waals surface area contributed by atoms with Gasteiger partial charge in [0.25, 0.3) is 0 Å². The van der Waals surface area contributed by atoms with Gasteiger partial charge in [-0.25, -0.2) is 4.98 Å². The quantitative estimate of drug-likeness (QED) is 0.770. The minimum absolute atomic E-state index is 0.163. The van der Waals surface area contributed by atoms with Gasteiger partial charge in [-0.2, -0.15) is 0 Å². The summed E-state index contributed by atoms with van der Waals surface area (Å²) in [6.07, 6.45) is -0.163. The van der Waals surface area contributed by atoms with Gasteiger partial charge in [-0.15, -0.1) is 11.3 Å². The molecule has 0 unspecified atom stereocenters. The van der Waals surface area contributed by atoms with Crippen LogP contribution in [0.15, 0.2) is 54.6 Å². The molecule has 1 heterocycles. The maximum absolute atomic E-state index is 11.0. The minimum Gasteiger partial charge on any atom is -0.550 e. The van der Waals surface area contributed by atoms with Gasteiger partial charge in [0.1, 0.15) is 0 Å². The van der Waals surface area contributed by atoms with Gasteiger partial charge < -0.3 is 15.2 Å². The number of benzene rings is 2. The lowest BCUT2D eigenvalue weighted by Crippen LogP contribution is -2.24. The SMILES string of the molecule is O=C([O-])Cc1sc(Nc2ccc(Cl)cc2)nc1-c1ccccc1. The second kappa shape index (κ2) is 6.81. The molecule has 0 bridgehead atoms. The van der Waals surface area contributed by atoms with Crippen molar-refractivity contribution in [2.24, 2.45) is 0 Å². The summed E-state index contributed by atoms with van der Waals surface area (Å²) >= 11 is 7.17. The van der Waals surface area contributed by atoms with E-state index in [-0.39, 0.29) is 6.42 Å². The highest BCUT2D eigenvalue weighted by Gasteiger charge is 2.13. The first-order chi connectivity index (χ1) is 11.1. The van der Waals surface area contributed by atoms with E-state index in [2.05, 4.69) is 10.3 Å². The lowest BCUT2D eigenvalue weighted by atomic mass is 10.1. The molecule has 0 aliphatic rings. The molecule has 6 heteroatoms. The smallest absolute Gasteiger partial charge is 0.187 e. The number of thiazole rings is 1. The summed E-state index contributed by atoms with van der Waals surface area (Å²) in [6.45, 7) is 0. The van der Waals surface area contributed by atoms with Crippen molar-refractivity contribution in [2.75, 3.05) is 5.32 Å². The third-order valence-electron chi connectivity index (χ3n) is 3.14. The van der Waals surface area contributed by atoms with Gasteiger partial charge in [-0.1, -0.05) is 41.9 Å². The summed E-state index contributed by atoms with van der Waals surface area (Å²) in [5, 5.41) is 15.4. The zero-order valence-electron chi connectivity index (χ0n) is 12.0. The fraction of sp³-hybridized carbons (Fsp3) is 0.0588. The molecule has 0 atom stereocenters. The fourth-order valence-corrected chi connectivity index (χ4v) is 3.25. The standard InChI is InChI=1S/C17H13ClN2O2S/c18-12-6-8-13(9-7-12)19-17-20-16(11-4-2-1-3-5-11)14(23-17)10-15(21)22/h1-9H,10H2,(H,19,20)(H,21,22)/p-1. The van der Waals surface area contributed by atoms with Gasteiger partial charge in [0.2, 0.25) is 0 Å². The second-order valence-electron chi connectivity index (χ2n) is 4.84. The van der Waals surface area contributed by atoms with Crippen LogP contribution in [0.2, 0.25) is 5.02 Å². The molecule has 0 aliphatic carbocycles. The fourth-order valence-electron chi connectivity index (χ4n) is 2.13. The number of nitrogens with zero attached hydrogens (tertiary/aromatic N) is 1. The molecule has 0 radical (unpaired) electrons. The molecule has 4 nitrogen and oxygen atoms in total. The van der Waals surface area contributed by atoms with Crippen molar-refractivity contribution in [3.8, 4) is 11.3 Å². The predicted molar refractivity (Wildman–Crippen MR) is 91.0 cm³/mol. The monoisotopic (exact) mass is 343 g/mol. The molecule has 1 N–H and O–H groups in total. The Hall–Kier alpha value is -2.37. The lowest BCUT2D eigenvalue weighted by molar-refractivity contribution is -0.304. The Morgan fingerprint density at radius 3 is 2.48 bits per heavy atom. The molecule has 3 aromatic rings. The zero-order chi connectivity index (χ0) is 16.2. The van der Waals surface area contributed by atoms with Crippen LogP contribution in [0.1, 0.15) is 4.88 Å². The number of aromatic nitrogens is 1. The summed E-state index contributed by atoms with van der Waals surface area (Å²) in [5.74, 6) is -1.12. The molecule has 0 spiro atoms. The van der Waals surface area contributed by atoms with E-state index in [0.717, 1.165) is 11.3 Å². The van der Waals surface area contributed by atoms with E-state index in [1.54, 1.807) is 12.1 Å². The van der Waals surface area contributed by atoms with Crippen LogP contribution in [0.5, 0.6) is 0 Å². The van der Waals surface area contributed by atoms with Crippen molar-refractivity contribution in [3.05, 3.63) is 64.5 Å². The number of carbonyl (C=O) groups is 1. The summed E-state index contributed by atoms with van der Waals surface area (Å²) < 4.78 is 0. The van der Waals surface area contributed by atoms with Gasteiger partial charge in [0, 0.05) is 33.5 Å². The number of rotatable bonds is 5. The molecular weight excluding hydrogens is 332 g/mol. The third kappa shape index (κ3) is 3.88. The Kier molecular flexibility index (Phi) is 4.60. The van der Waals surface area contributed by atoms with Crippen LogP contribution in [0.4, 0.5) is 10.8 Å². The van der Waals surface area contributed by atoms with E-state index in [0.29, 0.717) is 20.7 Å². The molecule has 3 rings (SSSR count). The normalized spacial score (nSPS) is 10.5. The van der Waals surface area contributed by atoms with Crippen molar-refractivity contribution in [2.45, 2.75) is 6.42 Å². The zero-order valence-corrected chi connectivity index (χ0v) is 13.5. The van der Waals surface area contributed by atoms with Crippen LogP contribution >= 0.6 is 22.9 Å². The van der Waals surface area contributed by atoms with Crippen LogP contribution < -0.4 is 10.4 Å². The lowest BCUT2D eigenvalue weighted by Gasteiger charge is -2.02. The highest BCUT2D eigenvalue weighted by atomic mass is 35.5. The molecule has 0 amide bonds. The molecule has 23 heavy (non-hydrogen) atoms. The number of hydrogen-bond donors (Lipinski definition) is 1. The van der Waals surface area contributed by atoms with E-state index >= 15 is 0 Å². The average molecular weight is 344 g/mol. The summed E-state index contributed by atoms with van der Waals surface area (Å²) in [5.41, 5.74) is 2.38. The number of nitrogens with one attached hydrogen (secondary N) is 1. The number of hydrogen-bond acceptors (Lipinski definition) is 5. The van der Waals surface area contributed by atoms with Gasteiger partial charge in [0.15, 0.2) is 5.13 Å². The van der Waals surface area contributed by atoms with Gasteiger partial charge in [-0.05, 0) is 24.3 Å². The van der Waals surface area contributed by atoms with Crippen LogP contribution in [0, 0.1) is 0 Å². The number of anilines is 2. The van der Waals surface area contributed by atoms with Crippen molar-refractivity contribution < 1.29 is 9.90 Å². The summed E-state index contributed by atoms with van der Waals surface area (Å²) in [6, 6.07) is 16.7. The van der Waals surface area contributed by atoms with E-state index in [1.807, 2.05) is 42.5 Å². The van der Waals surface area contributed by atoms with E-state index < -0.39 is 5.97 Å². The van der Waals surface area contributed by atoms with Crippen molar-refractivity contribution >= 4 is 39.7 Å². The Morgan fingerprint density at radius 1 is 1.13 bits per heavy atom. The van der Waals surface area contributed by atoms with Crippen LogP contribution in [0.3, 0.4) is 0 Å². The van der Waals surface area contributed by atoms with Crippen LogP contribution in [-0.4, -0.2) is 11.0 Å². The highest BCUT2D eigenvalue weighted by Crippen LogP contribution is 2.33. The molecular formula is C17H12ClN2O2S-. The number of aliphatic carboxylic acids is 1. The van der Waals surface area contributed by atoms with E-state index in [1.165, 1.54) is 11.3 Å². The maximum atomic E-state index is 11.0. The topological polar surface area (TPSA) is 65.0 Å². The molecule has 116 valence electrons. The number of carbonyl (C=O) groups excluding carboxylic acids is 1. The Bertz CT molecular complexity index is 816. The molecule has 0 fully saturated rings. The second-order valence-corrected chi connectivity index (χ2v) is 6.36. The minimum atomic E-state index is -1.12. The molecule has 0 saturated heterocycles. The van der Waals surface area contributed by atoms with Gasteiger partial charge in [0.05, 0.1) is 5.69 Å². The van der Waals surface area contributed by atoms with Crippen molar-refractivity contribution in [1.82, 2.24) is 4.98 Å². The van der Waals surface area contributed by atoms with Crippen molar-refractivity contribution in [3.63, 3.8) is 0 Å². The van der Waals surface area contributed by atoms with Gasteiger partial charge >= 0.3 is 0 Å². The number of carboxylic acid groups (broad SMARTS) is 1. The molecule has 0 saturated carbocycles. The van der Waals surface area contributed by atoms with Crippen molar-refractivity contribution in [1.29, 1.82) is 0 Å². The summed E-state index contributed by atoms with van der Waals surface area (Å²) in [7, 11) is 0. The first kappa shape index (κ1) is 15.5. The predicted octanol–water partition coefficient (Wildman–Crippen LogP) is 3.50. The Morgan fingerprint density at radius 2 is 1.83 bits per heavy atom. The van der Waals surface area contributed by atoms with Crippen LogP contribution in [-0.2, 0) is 11.2 Å². The maximum Gasteiger partial charge on any atom is 0.187 e. The Labute approximate surface area is 142 Å². The van der Waals surface area contributed by atoms with E-state index in [9.17, 15) is 9.90 Å². The van der Waals surface area contributed by atoms with Gasteiger partial charge in [-0.3, -0.25) is 0 Å². The number of carboxylic acids is 1. The van der Waals surface area contributed by atoms with E-state index in [4.69, 9.17) is 11.6 Å².